The number of rotatable bonds is 8. The van der Waals surface area contributed by atoms with E-state index in [4.69, 9.17) is 19.3 Å². The van der Waals surface area contributed by atoms with E-state index in [1.165, 1.54) is 6.92 Å². The fourth-order valence-electron chi connectivity index (χ4n) is 4.16. The zero-order chi connectivity index (χ0) is 23.3. The average molecular weight is 443 g/mol. The molecule has 32 heavy (non-hydrogen) atoms. The first-order chi connectivity index (χ1) is 15.4. The van der Waals surface area contributed by atoms with E-state index in [1.807, 2.05) is 12.1 Å². The molecule has 2 aromatic rings. The summed E-state index contributed by atoms with van der Waals surface area (Å²) in [7, 11) is 4.69. The van der Waals surface area contributed by atoms with Crippen molar-refractivity contribution in [2.45, 2.75) is 32.2 Å². The summed E-state index contributed by atoms with van der Waals surface area (Å²) in [6, 6.07) is 6.74. The van der Waals surface area contributed by atoms with E-state index < -0.39 is 0 Å². The molecule has 0 spiro atoms. The molecule has 1 aliphatic carbocycles. The van der Waals surface area contributed by atoms with Gasteiger partial charge >= 0.3 is 0 Å². The number of amides is 1. The summed E-state index contributed by atoms with van der Waals surface area (Å²) in [4.78, 5) is 25.0. The Morgan fingerprint density at radius 2 is 1.88 bits per heavy atom. The van der Waals surface area contributed by atoms with Crippen molar-refractivity contribution >= 4 is 11.6 Å². The van der Waals surface area contributed by atoms with Crippen LogP contribution < -0.4 is 30.3 Å². The molecule has 0 heterocycles. The molecule has 0 saturated heterocycles. The highest BCUT2D eigenvalue weighted by atomic mass is 16.5. The van der Waals surface area contributed by atoms with Crippen molar-refractivity contribution in [1.82, 2.24) is 5.32 Å². The van der Waals surface area contributed by atoms with Crippen LogP contribution in [0.1, 0.15) is 36.9 Å². The van der Waals surface area contributed by atoms with Crippen LogP contribution in [0, 0.1) is 0 Å². The first-order valence-electron chi connectivity index (χ1n) is 10.6. The number of fused-ring (bicyclic) bond motifs is 3. The van der Waals surface area contributed by atoms with E-state index in [2.05, 4.69) is 10.6 Å². The highest BCUT2D eigenvalue weighted by Crippen LogP contribution is 2.50. The van der Waals surface area contributed by atoms with Gasteiger partial charge in [-0.15, -0.1) is 0 Å². The fourth-order valence-corrected chi connectivity index (χ4v) is 4.16. The molecular formula is C24H30N2O6. The third-order valence-electron chi connectivity index (χ3n) is 5.57. The van der Waals surface area contributed by atoms with Crippen LogP contribution in [0.15, 0.2) is 29.1 Å². The molecule has 8 nitrogen and oxygen atoms in total. The monoisotopic (exact) mass is 442 g/mol. The lowest BCUT2D eigenvalue weighted by atomic mass is 9.95. The van der Waals surface area contributed by atoms with Gasteiger partial charge in [0.05, 0.1) is 33.1 Å². The van der Waals surface area contributed by atoms with Gasteiger partial charge in [0.1, 0.15) is 0 Å². The minimum Gasteiger partial charge on any atom is -0.493 e. The van der Waals surface area contributed by atoms with Gasteiger partial charge in [-0.2, -0.15) is 0 Å². The van der Waals surface area contributed by atoms with Crippen molar-refractivity contribution < 1.29 is 24.1 Å². The van der Waals surface area contributed by atoms with Crippen LogP contribution in [0.25, 0.3) is 11.1 Å². The second-order valence-corrected chi connectivity index (χ2v) is 7.60. The first-order valence-corrected chi connectivity index (χ1v) is 10.6. The smallest absolute Gasteiger partial charge is 0.217 e. The molecule has 0 aromatic heterocycles. The van der Waals surface area contributed by atoms with E-state index >= 15 is 0 Å². The molecule has 0 radical (unpaired) electrons. The largest absolute Gasteiger partial charge is 0.493 e. The van der Waals surface area contributed by atoms with Gasteiger partial charge in [0, 0.05) is 25.6 Å². The zero-order valence-electron chi connectivity index (χ0n) is 18.9. The molecule has 8 heteroatoms. The van der Waals surface area contributed by atoms with E-state index in [9.17, 15) is 9.59 Å². The maximum atomic E-state index is 13.0. The molecule has 172 valence electrons. The van der Waals surface area contributed by atoms with Gasteiger partial charge in [-0.25, -0.2) is 0 Å². The van der Waals surface area contributed by atoms with Crippen molar-refractivity contribution in [3.63, 3.8) is 0 Å². The lowest BCUT2D eigenvalue weighted by Gasteiger charge is -2.19. The van der Waals surface area contributed by atoms with Crippen molar-refractivity contribution in [1.29, 1.82) is 0 Å². The van der Waals surface area contributed by atoms with Gasteiger partial charge in [0.15, 0.2) is 11.5 Å². The minimum absolute atomic E-state index is 0.0352. The van der Waals surface area contributed by atoms with Gasteiger partial charge in [0.25, 0.3) is 0 Å². The molecule has 2 aromatic carbocycles. The maximum Gasteiger partial charge on any atom is 0.217 e. The Morgan fingerprint density at radius 1 is 1.12 bits per heavy atom. The Bertz CT molecular complexity index is 1050. The van der Waals surface area contributed by atoms with Crippen LogP contribution in [0.5, 0.6) is 17.2 Å². The van der Waals surface area contributed by atoms with Crippen LogP contribution in [0.2, 0.25) is 0 Å². The lowest BCUT2D eigenvalue weighted by molar-refractivity contribution is -0.119. The molecule has 0 fully saturated rings. The first kappa shape index (κ1) is 23.4. The number of aryl methyl sites for hydroxylation is 1. The number of benzene rings is 1. The number of carbonyl (C=O) groups is 1. The Labute approximate surface area is 187 Å². The van der Waals surface area contributed by atoms with Crippen LogP contribution in [-0.2, 0) is 11.2 Å². The lowest BCUT2D eigenvalue weighted by Crippen LogP contribution is -2.26. The molecule has 0 unspecified atom stereocenters. The van der Waals surface area contributed by atoms with Crippen LogP contribution >= 0.6 is 0 Å². The molecule has 0 bridgehead atoms. The van der Waals surface area contributed by atoms with E-state index in [-0.39, 0.29) is 24.0 Å². The third-order valence-corrected chi connectivity index (χ3v) is 5.57. The van der Waals surface area contributed by atoms with Crippen LogP contribution in [0.3, 0.4) is 0 Å². The van der Waals surface area contributed by atoms with Crippen LogP contribution in [-0.4, -0.2) is 45.5 Å². The van der Waals surface area contributed by atoms with Gasteiger partial charge in [-0.1, -0.05) is 6.07 Å². The number of ether oxygens (including phenoxy) is 3. The van der Waals surface area contributed by atoms with Gasteiger partial charge in [-0.3, -0.25) is 9.59 Å². The van der Waals surface area contributed by atoms with Crippen molar-refractivity contribution in [3.8, 4) is 28.4 Å². The summed E-state index contributed by atoms with van der Waals surface area (Å²) >= 11 is 0. The number of hydrogen-bond acceptors (Lipinski definition) is 7. The predicted molar refractivity (Wildman–Crippen MR) is 123 cm³/mol. The molecule has 3 rings (SSSR count). The van der Waals surface area contributed by atoms with Crippen molar-refractivity contribution in [3.05, 3.63) is 45.6 Å². The summed E-state index contributed by atoms with van der Waals surface area (Å²) in [5, 5.41) is 15.1. The minimum atomic E-state index is -0.345. The SMILES string of the molecule is COc1cc2c(c(OC)c1OC)-c1ccc(NCCCO)c(=O)cc1[C@@H](NC(C)=O)CC2. The number of nitrogens with one attached hydrogen (secondary N) is 2. The Morgan fingerprint density at radius 3 is 2.50 bits per heavy atom. The topological polar surface area (TPSA) is 106 Å². The van der Waals surface area contributed by atoms with E-state index in [0.29, 0.717) is 54.3 Å². The molecule has 0 aliphatic heterocycles. The van der Waals surface area contributed by atoms with Crippen molar-refractivity contribution in [2.24, 2.45) is 0 Å². The Hall–Kier alpha value is -3.26. The second-order valence-electron chi connectivity index (χ2n) is 7.60. The number of carbonyl (C=O) groups excluding carboxylic acids is 1. The number of hydrogen-bond donors (Lipinski definition) is 3. The standard InChI is InChI=1S/C24H30N2O6/c1-14(28)26-18-8-6-15-12-21(30-2)23(31-3)24(32-4)22(15)16-7-9-19(25-10-5-11-27)20(29)13-17(16)18/h7,9,12-13,18,27H,5-6,8,10-11H2,1-4H3,(H,25,29)(H,26,28)/t18-/m0/s1. The third kappa shape index (κ3) is 4.65. The molecule has 1 amide bonds. The molecular weight excluding hydrogens is 412 g/mol. The van der Waals surface area contributed by atoms with Crippen LogP contribution in [0.4, 0.5) is 5.69 Å². The molecule has 1 aliphatic rings. The quantitative estimate of drug-likeness (QED) is 0.540. The summed E-state index contributed by atoms with van der Waals surface area (Å²) in [6.07, 6.45) is 1.78. The van der Waals surface area contributed by atoms with Crippen molar-refractivity contribution in [2.75, 3.05) is 39.8 Å². The maximum absolute atomic E-state index is 13.0. The predicted octanol–water partition coefficient (Wildman–Crippen LogP) is 2.66. The van der Waals surface area contributed by atoms with Gasteiger partial charge in [0.2, 0.25) is 17.1 Å². The van der Waals surface area contributed by atoms with Gasteiger partial charge < -0.3 is 30.0 Å². The number of aliphatic hydroxyl groups excluding tert-OH is 1. The molecule has 3 N–H and O–H groups in total. The Balaban J connectivity index is 2.31. The number of anilines is 1. The van der Waals surface area contributed by atoms with Gasteiger partial charge in [-0.05, 0) is 54.2 Å². The Kier molecular flexibility index (Phi) is 7.58. The average Bonchev–Trinajstić information content (AvgIpc) is 3.02. The summed E-state index contributed by atoms with van der Waals surface area (Å²) in [6.45, 7) is 1.97. The summed E-state index contributed by atoms with van der Waals surface area (Å²) in [5.41, 5.74) is 3.51. The molecule has 1 atom stereocenters. The second kappa shape index (κ2) is 10.4. The zero-order valence-corrected chi connectivity index (χ0v) is 18.9. The number of methoxy groups -OCH3 is 3. The number of aliphatic hydroxyl groups is 1. The highest BCUT2D eigenvalue weighted by Gasteiger charge is 2.29. The summed E-state index contributed by atoms with van der Waals surface area (Å²) in [5.74, 6) is 1.36. The normalized spacial score (nSPS) is 14.5. The van der Waals surface area contributed by atoms with E-state index in [0.717, 1.165) is 16.7 Å². The summed E-state index contributed by atoms with van der Waals surface area (Å²) < 4.78 is 16.9. The highest BCUT2D eigenvalue weighted by molar-refractivity contribution is 5.83. The van der Waals surface area contributed by atoms with E-state index in [1.54, 1.807) is 33.5 Å². The fraction of sp³-hybridized carbons (Fsp3) is 0.417. The molecule has 0 saturated carbocycles.